The molecule has 1 aliphatic heterocycles. The van der Waals surface area contributed by atoms with Crippen LogP contribution in [0.3, 0.4) is 0 Å². The average molecular weight is 195 g/mol. The van der Waals surface area contributed by atoms with E-state index in [1.54, 1.807) is 6.20 Å². The van der Waals surface area contributed by atoms with Crippen LogP contribution in [-0.4, -0.2) is 35.7 Å². The summed E-state index contributed by atoms with van der Waals surface area (Å²) in [6.45, 7) is 6.37. The molecule has 0 spiro atoms. The second kappa shape index (κ2) is 4.57. The van der Waals surface area contributed by atoms with Crippen LogP contribution in [0.4, 0.5) is 0 Å². The van der Waals surface area contributed by atoms with Crippen LogP contribution in [0.1, 0.15) is 19.1 Å². The Bertz CT molecular complexity index is 254. The first-order chi connectivity index (χ1) is 6.90. The molecule has 1 saturated heterocycles. The first-order valence-electron chi connectivity index (χ1n) is 5.24. The highest BCUT2D eigenvalue weighted by Gasteiger charge is 2.21. The summed E-state index contributed by atoms with van der Waals surface area (Å²) < 4.78 is 5.11. The topological polar surface area (TPSA) is 41.3 Å². The van der Waals surface area contributed by atoms with E-state index < -0.39 is 0 Å². The van der Waals surface area contributed by atoms with Gasteiger partial charge in [-0.1, -0.05) is 12.1 Å². The fourth-order valence-electron chi connectivity index (χ4n) is 1.97. The molecule has 1 aliphatic rings. The molecule has 0 bridgehead atoms. The van der Waals surface area contributed by atoms with Gasteiger partial charge in [-0.3, -0.25) is 4.90 Å². The fraction of sp³-hybridized carbons (Fsp3) is 0.700. The van der Waals surface area contributed by atoms with Crippen molar-refractivity contribution in [2.45, 2.75) is 25.9 Å². The SMILES string of the molecule is CCN(Cc1ccno1)C1CCNC1. The molecular formula is C10H17N3O. The summed E-state index contributed by atoms with van der Waals surface area (Å²) in [6, 6.07) is 2.59. The van der Waals surface area contributed by atoms with Crippen molar-refractivity contribution in [2.75, 3.05) is 19.6 Å². The van der Waals surface area contributed by atoms with E-state index >= 15 is 0 Å². The molecule has 0 aliphatic carbocycles. The van der Waals surface area contributed by atoms with Gasteiger partial charge in [-0.05, 0) is 19.5 Å². The summed E-state index contributed by atoms with van der Waals surface area (Å²) in [5.74, 6) is 0.957. The molecule has 4 nitrogen and oxygen atoms in total. The van der Waals surface area contributed by atoms with Gasteiger partial charge in [-0.2, -0.15) is 0 Å². The van der Waals surface area contributed by atoms with Crippen LogP contribution in [0.15, 0.2) is 16.8 Å². The predicted octanol–water partition coefficient (Wildman–Crippen LogP) is 0.858. The van der Waals surface area contributed by atoms with Crippen molar-refractivity contribution in [1.29, 1.82) is 0 Å². The summed E-state index contributed by atoms with van der Waals surface area (Å²) in [5.41, 5.74) is 0. The molecule has 1 atom stereocenters. The highest BCUT2D eigenvalue weighted by Crippen LogP contribution is 2.12. The summed E-state index contributed by atoms with van der Waals surface area (Å²) in [5, 5.41) is 7.10. The Morgan fingerprint density at radius 2 is 2.64 bits per heavy atom. The lowest BCUT2D eigenvalue weighted by Gasteiger charge is -2.25. The molecule has 1 unspecified atom stereocenters. The number of hydrogen-bond acceptors (Lipinski definition) is 4. The van der Waals surface area contributed by atoms with E-state index in [9.17, 15) is 0 Å². The molecule has 0 aromatic carbocycles. The minimum atomic E-state index is 0.657. The van der Waals surface area contributed by atoms with E-state index in [4.69, 9.17) is 4.52 Å². The largest absolute Gasteiger partial charge is 0.360 e. The van der Waals surface area contributed by atoms with Crippen molar-refractivity contribution >= 4 is 0 Å². The molecule has 4 heteroatoms. The Kier molecular flexibility index (Phi) is 3.16. The smallest absolute Gasteiger partial charge is 0.150 e. The average Bonchev–Trinajstić information content (AvgIpc) is 2.86. The molecule has 0 radical (unpaired) electrons. The van der Waals surface area contributed by atoms with E-state index in [0.29, 0.717) is 6.04 Å². The molecule has 0 saturated carbocycles. The Labute approximate surface area is 84.3 Å². The van der Waals surface area contributed by atoms with Gasteiger partial charge in [0.1, 0.15) is 0 Å². The number of rotatable bonds is 4. The number of likely N-dealkylation sites (N-methyl/N-ethyl adjacent to an activating group) is 1. The van der Waals surface area contributed by atoms with E-state index in [0.717, 1.165) is 31.9 Å². The van der Waals surface area contributed by atoms with Gasteiger partial charge in [0.2, 0.25) is 0 Å². The van der Waals surface area contributed by atoms with Crippen molar-refractivity contribution in [3.05, 3.63) is 18.0 Å². The number of nitrogens with one attached hydrogen (secondary N) is 1. The maximum atomic E-state index is 5.11. The van der Waals surface area contributed by atoms with Gasteiger partial charge in [0.15, 0.2) is 5.76 Å². The van der Waals surface area contributed by atoms with Gasteiger partial charge in [-0.25, -0.2) is 0 Å². The van der Waals surface area contributed by atoms with Crippen LogP contribution >= 0.6 is 0 Å². The highest BCUT2D eigenvalue weighted by molar-refractivity contribution is 4.94. The van der Waals surface area contributed by atoms with Gasteiger partial charge < -0.3 is 9.84 Å². The molecule has 1 aromatic rings. The highest BCUT2D eigenvalue weighted by atomic mass is 16.5. The Morgan fingerprint density at radius 3 is 3.21 bits per heavy atom. The Hall–Kier alpha value is -0.870. The van der Waals surface area contributed by atoms with Crippen LogP contribution in [0, 0.1) is 0 Å². The van der Waals surface area contributed by atoms with Crippen LogP contribution in [0.25, 0.3) is 0 Å². The maximum absolute atomic E-state index is 5.11. The predicted molar refractivity (Wildman–Crippen MR) is 53.9 cm³/mol. The van der Waals surface area contributed by atoms with Gasteiger partial charge in [0.05, 0.1) is 12.7 Å². The zero-order chi connectivity index (χ0) is 9.80. The fourth-order valence-corrected chi connectivity index (χ4v) is 1.97. The second-order valence-electron chi connectivity index (χ2n) is 3.69. The molecule has 2 rings (SSSR count). The summed E-state index contributed by atoms with van der Waals surface area (Å²) in [7, 11) is 0. The van der Waals surface area contributed by atoms with Crippen LogP contribution in [0.2, 0.25) is 0 Å². The second-order valence-corrected chi connectivity index (χ2v) is 3.69. The Morgan fingerprint density at radius 1 is 1.71 bits per heavy atom. The normalized spacial score (nSPS) is 22.0. The van der Waals surface area contributed by atoms with Gasteiger partial charge in [0.25, 0.3) is 0 Å². The van der Waals surface area contributed by atoms with Gasteiger partial charge in [-0.15, -0.1) is 0 Å². The number of nitrogens with zero attached hydrogens (tertiary/aromatic N) is 2. The molecular weight excluding hydrogens is 178 g/mol. The molecule has 1 aromatic heterocycles. The van der Waals surface area contributed by atoms with E-state index in [-0.39, 0.29) is 0 Å². The van der Waals surface area contributed by atoms with E-state index in [1.165, 1.54) is 6.42 Å². The van der Waals surface area contributed by atoms with Crippen molar-refractivity contribution in [2.24, 2.45) is 0 Å². The summed E-state index contributed by atoms with van der Waals surface area (Å²) in [4.78, 5) is 2.43. The first-order valence-corrected chi connectivity index (χ1v) is 5.24. The maximum Gasteiger partial charge on any atom is 0.150 e. The lowest BCUT2D eigenvalue weighted by Crippen LogP contribution is -2.36. The van der Waals surface area contributed by atoms with Gasteiger partial charge >= 0.3 is 0 Å². The van der Waals surface area contributed by atoms with E-state index in [2.05, 4.69) is 22.3 Å². The quantitative estimate of drug-likeness (QED) is 0.773. The molecule has 1 fully saturated rings. The zero-order valence-electron chi connectivity index (χ0n) is 8.57. The third-order valence-electron chi connectivity index (χ3n) is 2.81. The minimum Gasteiger partial charge on any atom is -0.360 e. The minimum absolute atomic E-state index is 0.657. The number of hydrogen-bond donors (Lipinski definition) is 1. The monoisotopic (exact) mass is 195 g/mol. The van der Waals surface area contributed by atoms with Crippen molar-refractivity contribution < 1.29 is 4.52 Å². The van der Waals surface area contributed by atoms with Crippen molar-refractivity contribution in [3.63, 3.8) is 0 Å². The standard InChI is InChI=1S/C10H17N3O/c1-2-13(9-3-5-11-7-9)8-10-4-6-12-14-10/h4,6,9,11H,2-3,5,7-8H2,1H3. The molecule has 1 N–H and O–H groups in total. The van der Waals surface area contributed by atoms with Crippen molar-refractivity contribution in [3.8, 4) is 0 Å². The molecule has 14 heavy (non-hydrogen) atoms. The Balaban J connectivity index is 1.92. The van der Waals surface area contributed by atoms with Crippen LogP contribution in [0.5, 0.6) is 0 Å². The number of aromatic nitrogens is 1. The lowest BCUT2D eigenvalue weighted by molar-refractivity contribution is 0.187. The van der Waals surface area contributed by atoms with E-state index in [1.807, 2.05) is 6.07 Å². The molecule has 78 valence electrons. The third kappa shape index (κ3) is 2.13. The van der Waals surface area contributed by atoms with Crippen LogP contribution < -0.4 is 5.32 Å². The molecule has 2 heterocycles. The van der Waals surface area contributed by atoms with Crippen molar-refractivity contribution in [1.82, 2.24) is 15.4 Å². The summed E-state index contributed by atoms with van der Waals surface area (Å²) in [6.07, 6.45) is 2.94. The first kappa shape index (κ1) is 9.68. The molecule has 0 amide bonds. The lowest BCUT2D eigenvalue weighted by atomic mass is 10.2. The van der Waals surface area contributed by atoms with Gasteiger partial charge in [0, 0.05) is 18.7 Å². The summed E-state index contributed by atoms with van der Waals surface area (Å²) >= 11 is 0. The zero-order valence-corrected chi connectivity index (χ0v) is 8.57. The van der Waals surface area contributed by atoms with Crippen LogP contribution in [-0.2, 0) is 6.54 Å². The third-order valence-corrected chi connectivity index (χ3v) is 2.81.